The Morgan fingerprint density at radius 2 is 1.90 bits per heavy atom. The zero-order valence-corrected chi connectivity index (χ0v) is 12.2. The van der Waals surface area contributed by atoms with Crippen LogP contribution >= 0.6 is 11.3 Å². The van der Waals surface area contributed by atoms with Gasteiger partial charge in [-0.05, 0) is 30.3 Å². The van der Waals surface area contributed by atoms with Gasteiger partial charge in [-0.3, -0.25) is 15.0 Å². The minimum atomic E-state index is -0.944. The molecule has 21 heavy (non-hydrogen) atoms. The number of nitrogens with zero attached hydrogens (tertiary/aromatic N) is 2. The second kappa shape index (κ2) is 6.47. The molecule has 1 aromatic carbocycles. The van der Waals surface area contributed by atoms with Crippen molar-refractivity contribution in [2.75, 3.05) is 7.05 Å². The highest BCUT2D eigenvalue weighted by atomic mass is 32.1. The number of carbonyl (C=O) groups is 1. The Kier molecular flexibility index (Phi) is 4.66. The average molecular weight is 306 g/mol. The first-order valence-corrected chi connectivity index (χ1v) is 7.06. The topological polar surface area (TPSA) is 83.7 Å². The van der Waals surface area contributed by atoms with E-state index in [0.717, 1.165) is 22.5 Å². The third-order valence-electron chi connectivity index (χ3n) is 2.93. The van der Waals surface area contributed by atoms with Gasteiger partial charge in [0, 0.05) is 24.5 Å². The highest BCUT2D eigenvalue weighted by molar-refractivity contribution is 7.13. The summed E-state index contributed by atoms with van der Waals surface area (Å²) in [4.78, 5) is 23.0. The van der Waals surface area contributed by atoms with E-state index in [-0.39, 0.29) is 10.6 Å². The number of hydrogen-bond donors (Lipinski definition) is 1. The summed E-state index contributed by atoms with van der Waals surface area (Å²) in [5.41, 5.74) is 2.15. The Morgan fingerprint density at radius 1 is 1.29 bits per heavy atom. The van der Waals surface area contributed by atoms with E-state index in [0.29, 0.717) is 13.1 Å². The molecule has 2 rings (SSSR count). The molecule has 0 amide bonds. The molecule has 0 spiro atoms. The molecule has 0 radical (unpaired) electrons. The predicted molar refractivity (Wildman–Crippen MR) is 79.5 cm³/mol. The number of thiophene rings is 1. The van der Waals surface area contributed by atoms with Crippen molar-refractivity contribution in [1.82, 2.24) is 4.90 Å². The van der Waals surface area contributed by atoms with E-state index in [2.05, 4.69) is 0 Å². The fraction of sp³-hybridized carbons (Fsp3) is 0.214. The SMILES string of the molecule is CN(Cc1ccc(C(=O)O)cc1)Cc1csc([N+](=O)[O-])c1. The molecular formula is C14H14N2O4S. The standard InChI is InChI=1S/C14H14N2O4S/c1-15(8-11-6-13(16(19)20)21-9-11)7-10-2-4-12(5-3-10)14(17)18/h2-6,9H,7-8H2,1H3,(H,17,18). The number of aromatic carboxylic acids is 1. The number of carboxylic acid groups (broad SMARTS) is 1. The molecule has 0 saturated heterocycles. The van der Waals surface area contributed by atoms with Crippen molar-refractivity contribution in [3.63, 3.8) is 0 Å². The van der Waals surface area contributed by atoms with E-state index in [4.69, 9.17) is 5.11 Å². The normalized spacial score (nSPS) is 10.8. The summed E-state index contributed by atoms with van der Waals surface area (Å²) in [6.45, 7) is 1.24. The molecule has 0 saturated carbocycles. The van der Waals surface area contributed by atoms with Crippen LogP contribution in [0.5, 0.6) is 0 Å². The molecule has 0 aliphatic rings. The van der Waals surface area contributed by atoms with Crippen LogP contribution < -0.4 is 0 Å². The maximum absolute atomic E-state index is 10.8. The van der Waals surface area contributed by atoms with Gasteiger partial charge in [-0.25, -0.2) is 4.79 Å². The highest BCUT2D eigenvalue weighted by Gasteiger charge is 2.11. The Labute approximate surface area is 125 Å². The van der Waals surface area contributed by atoms with Crippen LogP contribution in [-0.4, -0.2) is 27.9 Å². The van der Waals surface area contributed by atoms with Crippen molar-refractivity contribution in [2.24, 2.45) is 0 Å². The lowest BCUT2D eigenvalue weighted by molar-refractivity contribution is -0.380. The maximum atomic E-state index is 10.8. The van der Waals surface area contributed by atoms with Crippen molar-refractivity contribution in [2.45, 2.75) is 13.1 Å². The molecule has 6 nitrogen and oxygen atoms in total. The van der Waals surface area contributed by atoms with Gasteiger partial charge in [0.05, 0.1) is 10.5 Å². The molecule has 7 heteroatoms. The zero-order chi connectivity index (χ0) is 15.4. The Bertz CT molecular complexity index is 651. The fourth-order valence-corrected chi connectivity index (χ4v) is 2.69. The van der Waals surface area contributed by atoms with Crippen LogP contribution in [0.15, 0.2) is 35.7 Å². The lowest BCUT2D eigenvalue weighted by Gasteiger charge is -2.15. The number of nitro groups is 1. The molecule has 0 bridgehead atoms. The van der Waals surface area contributed by atoms with Gasteiger partial charge < -0.3 is 5.11 Å². The van der Waals surface area contributed by atoms with Gasteiger partial charge in [0.15, 0.2) is 0 Å². The van der Waals surface area contributed by atoms with Crippen LogP contribution in [0.2, 0.25) is 0 Å². The van der Waals surface area contributed by atoms with Crippen molar-refractivity contribution < 1.29 is 14.8 Å². The molecule has 0 aliphatic carbocycles. The minimum Gasteiger partial charge on any atom is -0.478 e. The highest BCUT2D eigenvalue weighted by Crippen LogP contribution is 2.23. The third kappa shape index (κ3) is 4.11. The van der Waals surface area contributed by atoms with Gasteiger partial charge in [-0.15, -0.1) is 0 Å². The molecule has 1 aromatic heterocycles. The Morgan fingerprint density at radius 3 is 2.43 bits per heavy atom. The van der Waals surface area contributed by atoms with E-state index in [9.17, 15) is 14.9 Å². The van der Waals surface area contributed by atoms with E-state index < -0.39 is 10.9 Å². The first-order chi connectivity index (χ1) is 9.95. The second-order valence-electron chi connectivity index (χ2n) is 4.72. The molecule has 1 N–H and O–H groups in total. The van der Waals surface area contributed by atoms with Crippen LogP contribution in [0.25, 0.3) is 0 Å². The molecule has 0 atom stereocenters. The molecule has 0 unspecified atom stereocenters. The number of benzene rings is 1. The summed E-state index contributed by atoms with van der Waals surface area (Å²) in [6, 6.07) is 8.27. The van der Waals surface area contributed by atoms with Crippen molar-refractivity contribution >= 4 is 22.3 Å². The van der Waals surface area contributed by atoms with Crippen molar-refractivity contribution in [3.05, 3.63) is 62.5 Å². The van der Waals surface area contributed by atoms with Crippen LogP contribution in [0.1, 0.15) is 21.5 Å². The molecular weight excluding hydrogens is 292 g/mol. The van der Waals surface area contributed by atoms with Crippen LogP contribution in [-0.2, 0) is 13.1 Å². The summed E-state index contributed by atoms with van der Waals surface area (Å²) >= 11 is 1.12. The molecule has 110 valence electrons. The Hall–Kier alpha value is -2.25. The second-order valence-corrected chi connectivity index (χ2v) is 5.61. The van der Waals surface area contributed by atoms with E-state index in [1.165, 1.54) is 0 Å². The van der Waals surface area contributed by atoms with Gasteiger partial charge in [0.1, 0.15) is 0 Å². The molecule has 0 fully saturated rings. The number of rotatable bonds is 6. The van der Waals surface area contributed by atoms with Crippen molar-refractivity contribution in [3.8, 4) is 0 Å². The maximum Gasteiger partial charge on any atom is 0.335 e. The zero-order valence-electron chi connectivity index (χ0n) is 11.4. The quantitative estimate of drug-likeness (QED) is 0.655. The summed E-state index contributed by atoms with van der Waals surface area (Å²) < 4.78 is 0. The minimum absolute atomic E-state index is 0.143. The predicted octanol–water partition coefficient (Wildman–Crippen LogP) is 2.99. The van der Waals surface area contributed by atoms with Crippen molar-refractivity contribution in [1.29, 1.82) is 0 Å². The average Bonchev–Trinajstić information content (AvgIpc) is 2.87. The molecule has 2 aromatic rings. The number of hydrogen-bond acceptors (Lipinski definition) is 5. The molecule has 0 aliphatic heterocycles. The fourth-order valence-electron chi connectivity index (χ4n) is 1.97. The summed E-state index contributed by atoms with van der Waals surface area (Å²) in [7, 11) is 1.91. The van der Waals surface area contributed by atoms with Gasteiger partial charge in [-0.2, -0.15) is 0 Å². The summed E-state index contributed by atoms with van der Waals surface area (Å²) in [5, 5.41) is 21.4. The summed E-state index contributed by atoms with van der Waals surface area (Å²) in [5.74, 6) is -0.944. The van der Waals surface area contributed by atoms with Gasteiger partial charge in [0.25, 0.3) is 0 Å². The van der Waals surface area contributed by atoms with Crippen LogP contribution in [0.3, 0.4) is 0 Å². The lowest BCUT2D eigenvalue weighted by atomic mass is 10.1. The van der Waals surface area contributed by atoms with Gasteiger partial charge >= 0.3 is 11.0 Å². The summed E-state index contributed by atoms with van der Waals surface area (Å²) in [6.07, 6.45) is 0. The Balaban J connectivity index is 1.95. The van der Waals surface area contributed by atoms with Gasteiger partial charge in [-0.1, -0.05) is 23.5 Å². The van der Waals surface area contributed by atoms with Crippen LogP contribution in [0, 0.1) is 10.1 Å². The van der Waals surface area contributed by atoms with Crippen LogP contribution in [0.4, 0.5) is 5.00 Å². The first kappa shape index (κ1) is 15.1. The smallest absolute Gasteiger partial charge is 0.335 e. The molecule has 1 heterocycles. The van der Waals surface area contributed by atoms with E-state index >= 15 is 0 Å². The number of carboxylic acids is 1. The largest absolute Gasteiger partial charge is 0.478 e. The lowest BCUT2D eigenvalue weighted by Crippen LogP contribution is -2.16. The first-order valence-electron chi connectivity index (χ1n) is 6.18. The van der Waals surface area contributed by atoms with E-state index in [1.54, 1.807) is 35.7 Å². The van der Waals surface area contributed by atoms with E-state index in [1.807, 2.05) is 11.9 Å². The van der Waals surface area contributed by atoms with Gasteiger partial charge in [0.2, 0.25) is 0 Å². The monoisotopic (exact) mass is 306 g/mol. The third-order valence-corrected chi connectivity index (χ3v) is 3.85.